The topological polar surface area (TPSA) is 54.0 Å². The highest BCUT2D eigenvalue weighted by Gasteiger charge is 2.03. The summed E-state index contributed by atoms with van der Waals surface area (Å²) in [5, 5.41) is 5.40. The first-order valence-electron chi connectivity index (χ1n) is 5.41. The van der Waals surface area contributed by atoms with Crippen LogP contribution in [0.2, 0.25) is 0 Å². The number of nitrogens with zero attached hydrogens (tertiary/aromatic N) is 1. The Morgan fingerprint density at radius 3 is 2.67 bits per heavy atom. The van der Waals surface area contributed by atoms with E-state index in [1.165, 1.54) is 0 Å². The first kappa shape index (κ1) is 12.6. The lowest BCUT2D eigenvalue weighted by Crippen LogP contribution is -2.20. The third-order valence-corrected chi connectivity index (χ3v) is 2.71. The van der Waals surface area contributed by atoms with Gasteiger partial charge in [0, 0.05) is 15.9 Å². The SMILES string of the molecule is Cc1cccc(NC(=O)Nc2cccc(Br)c2)n1. The summed E-state index contributed by atoms with van der Waals surface area (Å²) in [5.74, 6) is 0.530. The van der Waals surface area contributed by atoms with E-state index in [2.05, 4.69) is 31.5 Å². The molecule has 2 N–H and O–H groups in total. The number of carbonyl (C=O) groups excluding carboxylic acids is 1. The molecule has 0 spiro atoms. The van der Waals surface area contributed by atoms with E-state index < -0.39 is 0 Å². The zero-order chi connectivity index (χ0) is 13.0. The van der Waals surface area contributed by atoms with Gasteiger partial charge in [0.25, 0.3) is 0 Å². The summed E-state index contributed by atoms with van der Waals surface area (Å²) < 4.78 is 0.911. The Hall–Kier alpha value is -1.88. The molecule has 0 atom stereocenters. The second kappa shape index (κ2) is 5.64. The van der Waals surface area contributed by atoms with Crippen LogP contribution in [0.4, 0.5) is 16.3 Å². The molecule has 1 aromatic carbocycles. The molecule has 1 heterocycles. The van der Waals surface area contributed by atoms with E-state index in [0.717, 1.165) is 15.9 Å². The molecule has 1 aromatic heterocycles. The number of urea groups is 1. The normalized spacial score (nSPS) is 9.89. The number of hydrogen-bond donors (Lipinski definition) is 2. The molecule has 0 saturated carbocycles. The molecule has 0 unspecified atom stereocenters. The number of benzene rings is 1. The Balaban J connectivity index is 2.01. The molecule has 0 aliphatic rings. The van der Waals surface area contributed by atoms with E-state index in [9.17, 15) is 4.79 Å². The molecule has 0 fully saturated rings. The molecule has 0 saturated heterocycles. The Morgan fingerprint density at radius 2 is 1.94 bits per heavy atom. The molecular weight excluding hydrogens is 294 g/mol. The largest absolute Gasteiger partial charge is 0.324 e. The minimum Gasteiger partial charge on any atom is -0.308 e. The fraction of sp³-hybridized carbons (Fsp3) is 0.0769. The minimum atomic E-state index is -0.314. The number of amides is 2. The first-order chi connectivity index (χ1) is 8.63. The van der Waals surface area contributed by atoms with Crippen molar-refractivity contribution in [3.63, 3.8) is 0 Å². The second-order valence-electron chi connectivity index (χ2n) is 3.75. The lowest BCUT2D eigenvalue weighted by Gasteiger charge is -2.07. The highest BCUT2D eigenvalue weighted by atomic mass is 79.9. The van der Waals surface area contributed by atoms with Gasteiger partial charge >= 0.3 is 6.03 Å². The highest BCUT2D eigenvalue weighted by Crippen LogP contribution is 2.15. The van der Waals surface area contributed by atoms with Crippen molar-refractivity contribution in [1.82, 2.24) is 4.98 Å². The van der Waals surface area contributed by atoms with Crippen molar-refractivity contribution in [3.05, 3.63) is 52.6 Å². The maximum Gasteiger partial charge on any atom is 0.324 e. The van der Waals surface area contributed by atoms with Crippen molar-refractivity contribution in [1.29, 1.82) is 0 Å². The van der Waals surface area contributed by atoms with E-state index in [-0.39, 0.29) is 6.03 Å². The monoisotopic (exact) mass is 305 g/mol. The van der Waals surface area contributed by atoms with Gasteiger partial charge in [-0.15, -0.1) is 0 Å². The Bertz CT molecular complexity index is 522. The van der Waals surface area contributed by atoms with Gasteiger partial charge in [0.1, 0.15) is 5.82 Å². The lowest BCUT2D eigenvalue weighted by molar-refractivity contribution is 0.262. The molecule has 92 valence electrons. The summed E-state index contributed by atoms with van der Waals surface area (Å²) in [4.78, 5) is 15.9. The predicted octanol–water partition coefficient (Wildman–Crippen LogP) is 3.80. The van der Waals surface area contributed by atoms with Crippen molar-refractivity contribution >= 4 is 33.5 Å². The molecule has 2 amide bonds. The quantitative estimate of drug-likeness (QED) is 0.886. The van der Waals surface area contributed by atoms with Crippen LogP contribution in [0.1, 0.15) is 5.69 Å². The maximum absolute atomic E-state index is 11.7. The minimum absolute atomic E-state index is 0.314. The van der Waals surface area contributed by atoms with Crippen LogP contribution >= 0.6 is 15.9 Å². The third kappa shape index (κ3) is 3.56. The van der Waals surface area contributed by atoms with Gasteiger partial charge in [-0.05, 0) is 37.3 Å². The smallest absolute Gasteiger partial charge is 0.308 e. The van der Waals surface area contributed by atoms with Crippen LogP contribution in [0.15, 0.2) is 46.9 Å². The summed E-state index contributed by atoms with van der Waals surface area (Å²) in [6, 6.07) is 12.5. The first-order valence-corrected chi connectivity index (χ1v) is 6.20. The van der Waals surface area contributed by atoms with Crippen LogP contribution in [0.25, 0.3) is 0 Å². The molecule has 5 heteroatoms. The number of rotatable bonds is 2. The van der Waals surface area contributed by atoms with Crippen LogP contribution in [0.3, 0.4) is 0 Å². The molecular formula is C13H12BrN3O. The van der Waals surface area contributed by atoms with Gasteiger partial charge in [-0.2, -0.15) is 0 Å². The summed E-state index contributed by atoms with van der Waals surface area (Å²) >= 11 is 3.34. The number of anilines is 2. The molecule has 0 aliphatic carbocycles. The molecule has 2 aromatic rings. The van der Waals surface area contributed by atoms with Crippen molar-refractivity contribution in [2.45, 2.75) is 6.92 Å². The fourth-order valence-corrected chi connectivity index (χ4v) is 1.86. The lowest BCUT2D eigenvalue weighted by atomic mass is 10.3. The average molecular weight is 306 g/mol. The number of aryl methyl sites for hydroxylation is 1. The summed E-state index contributed by atoms with van der Waals surface area (Å²) in [6.07, 6.45) is 0. The second-order valence-corrected chi connectivity index (χ2v) is 4.67. The number of aromatic nitrogens is 1. The van der Waals surface area contributed by atoms with Crippen LogP contribution in [0, 0.1) is 6.92 Å². The van der Waals surface area contributed by atoms with Gasteiger partial charge in [0.05, 0.1) is 0 Å². The third-order valence-electron chi connectivity index (χ3n) is 2.21. The van der Waals surface area contributed by atoms with Crippen molar-refractivity contribution in [3.8, 4) is 0 Å². The van der Waals surface area contributed by atoms with Gasteiger partial charge in [-0.1, -0.05) is 28.1 Å². The van der Waals surface area contributed by atoms with Crippen LogP contribution in [-0.4, -0.2) is 11.0 Å². The van der Waals surface area contributed by atoms with E-state index >= 15 is 0 Å². The van der Waals surface area contributed by atoms with Crippen molar-refractivity contribution < 1.29 is 4.79 Å². The van der Waals surface area contributed by atoms with E-state index in [1.807, 2.05) is 43.3 Å². The molecule has 0 bridgehead atoms. The molecule has 2 rings (SSSR count). The molecule has 0 aliphatic heterocycles. The van der Waals surface area contributed by atoms with Gasteiger partial charge in [0.2, 0.25) is 0 Å². The summed E-state index contributed by atoms with van der Waals surface area (Å²) in [7, 11) is 0. The Labute approximate surface area is 114 Å². The van der Waals surface area contributed by atoms with Gasteiger partial charge in [-0.3, -0.25) is 5.32 Å². The highest BCUT2D eigenvalue weighted by molar-refractivity contribution is 9.10. The van der Waals surface area contributed by atoms with Crippen LogP contribution in [0.5, 0.6) is 0 Å². The van der Waals surface area contributed by atoms with Crippen LogP contribution in [-0.2, 0) is 0 Å². The maximum atomic E-state index is 11.7. The summed E-state index contributed by atoms with van der Waals surface area (Å²) in [6.45, 7) is 1.87. The molecule has 4 nitrogen and oxygen atoms in total. The number of carbonyl (C=O) groups is 1. The van der Waals surface area contributed by atoms with Crippen molar-refractivity contribution in [2.75, 3.05) is 10.6 Å². The number of pyridine rings is 1. The number of halogens is 1. The van der Waals surface area contributed by atoms with E-state index in [0.29, 0.717) is 5.82 Å². The van der Waals surface area contributed by atoms with Gasteiger partial charge in [-0.25, -0.2) is 9.78 Å². The van der Waals surface area contributed by atoms with Crippen molar-refractivity contribution in [2.24, 2.45) is 0 Å². The Morgan fingerprint density at radius 1 is 1.17 bits per heavy atom. The Kier molecular flexibility index (Phi) is 3.94. The van der Waals surface area contributed by atoms with Gasteiger partial charge in [0.15, 0.2) is 0 Å². The summed E-state index contributed by atoms with van der Waals surface area (Å²) in [5.41, 5.74) is 1.57. The molecule has 0 radical (unpaired) electrons. The van der Waals surface area contributed by atoms with E-state index in [1.54, 1.807) is 6.07 Å². The van der Waals surface area contributed by atoms with Crippen LogP contribution < -0.4 is 10.6 Å². The number of nitrogens with one attached hydrogen (secondary N) is 2. The zero-order valence-corrected chi connectivity index (χ0v) is 11.4. The fourth-order valence-electron chi connectivity index (χ4n) is 1.46. The van der Waals surface area contributed by atoms with E-state index in [4.69, 9.17) is 0 Å². The standard InChI is InChI=1S/C13H12BrN3O/c1-9-4-2-7-12(15-9)17-13(18)16-11-6-3-5-10(14)8-11/h2-8H,1H3,(H2,15,16,17,18). The zero-order valence-electron chi connectivity index (χ0n) is 9.77. The predicted molar refractivity (Wildman–Crippen MR) is 75.8 cm³/mol. The van der Waals surface area contributed by atoms with Gasteiger partial charge < -0.3 is 5.32 Å². The number of hydrogen-bond acceptors (Lipinski definition) is 2. The molecule has 18 heavy (non-hydrogen) atoms. The average Bonchev–Trinajstić information content (AvgIpc) is 2.28.